The summed E-state index contributed by atoms with van der Waals surface area (Å²) in [6, 6.07) is 8.87. The first-order valence-electron chi connectivity index (χ1n) is 7.21. The lowest BCUT2D eigenvalue weighted by molar-refractivity contribution is 0.332. The molecule has 1 unspecified atom stereocenters. The standard InChI is InChI=1S/C17H30N2/c1-16(2,3)12-11-15(19-18)13-9-7-8-10-14(13)17(4,5)6/h7-10,15,19H,11-12,18H2,1-6H3. The van der Waals surface area contributed by atoms with Crippen molar-refractivity contribution in [3.8, 4) is 0 Å². The fraction of sp³-hybridized carbons (Fsp3) is 0.647. The van der Waals surface area contributed by atoms with Crippen LogP contribution in [0.25, 0.3) is 0 Å². The third-order valence-electron chi connectivity index (χ3n) is 3.53. The second kappa shape index (κ2) is 6.06. The molecule has 1 rings (SSSR count). The molecule has 0 saturated carbocycles. The van der Waals surface area contributed by atoms with E-state index < -0.39 is 0 Å². The predicted molar refractivity (Wildman–Crippen MR) is 83.9 cm³/mol. The van der Waals surface area contributed by atoms with Gasteiger partial charge in [0.05, 0.1) is 0 Å². The van der Waals surface area contributed by atoms with Crippen LogP contribution in [-0.2, 0) is 5.41 Å². The molecule has 0 fully saturated rings. The van der Waals surface area contributed by atoms with Crippen LogP contribution in [0, 0.1) is 5.41 Å². The first kappa shape index (κ1) is 16.2. The SMILES string of the molecule is CC(C)(C)CCC(NN)c1ccccc1C(C)(C)C. The molecule has 0 saturated heterocycles. The van der Waals surface area contributed by atoms with E-state index in [0.717, 1.165) is 12.8 Å². The molecule has 0 heterocycles. The van der Waals surface area contributed by atoms with E-state index in [2.05, 4.69) is 71.2 Å². The summed E-state index contributed by atoms with van der Waals surface area (Å²) in [5.41, 5.74) is 6.21. The van der Waals surface area contributed by atoms with Gasteiger partial charge in [0.15, 0.2) is 0 Å². The second-order valence-corrected chi connectivity index (χ2v) is 7.66. The van der Waals surface area contributed by atoms with Gasteiger partial charge in [-0.05, 0) is 34.8 Å². The van der Waals surface area contributed by atoms with Gasteiger partial charge >= 0.3 is 0 Å². The Hall–Kier alpha value is -0.860. The summed E-state index contributed by atoms with van der Waals surface area (Å²) in [4.78, 5) is 0. The topological polar surface area (TPSA) is 38.0 Å². The number of nitrogens with two attached hydrogens (primary N) is 1. The smallest absolute Gasteiger partial charge is 0.0463 e. The third-order valence-corrected chi connectivity index (χ3v) is 3.53. The minimum Gasteiger partial charge on any atom is -0.271 e. The summed E-state index contributed by atoms with van der Waals surface area (Å²) < 4.78 is 0. The molecule has 19 heavy (non-hydrogen) atoms. The predicted octanol–water partition coefficient (Wildman–Crippen LogP) is 4.31. The van der Waals surface area contributed by atoms with E-state index in [1.807, 2.05) is 0 Å². The van der Waals surface area contributed by atoms with Gasteiger partial charge in [0.1, 0.15) is 0 Å². The van der Waals surface area contributed by atoms with Gasteiger partial charge in [0.2, 0.25) is 0 Å². The normalized spacial score (nSPS) is 14.5. The minimum atomic E-state index is 0.146. The Morgan fingerprint density at radius 3 is 2.11 bits per heavy atom. The monoisotopic (exact) mass is 262 g/mol. The van der Waals surface area contributed by atoms with E-state index in [-0.39, 0.29) is 11.5 Å². The van der Waals surface area contributed by atoms with Crippen molar-refractivity contribution >= 4 is 0 Å². The molecule has 0 aliphatic rings. The van der Waals surface area contributed by atoms with Crippen molar-refractivity contribution in [1.82, 2.24) is 5.43 Å². The van der Waals surface area contributed by atoms with Crippen LogP contribution >= 0.6 is 0 Å². The summed E-state index contributed by atoms with van der Waals surface area (Å²) in [5, 5.41) is 0. The number of hydrogen-bond donors (Lipinski definition) is 2. The summed E-state index contributed by atoms with van der Waals surface area (Å²) in [6.45, 7) is 13.6. The van der Waals surface area contributed by atoms with Crippen molar-refractivity contribution in [3.63, 3.8) is 0 Å². The molecule has 1 aromatic carbocycles. The van der Waals surface area contributed by atoms with E-state index in [9.17, 15) is 0 Å². The van der Waals surface area contributed by atoms with Crippen LogP contribution in [0.2, 0.25) is 0 Å². The van der Waals surface area contributed by atoms with Gasteiger partial charge in [0, 0.05) is 6.04 Å². The van der Waals surface area contributed by atoms with Gasteiger partial charge < -0.3 is 0 Å². The molecule has 0 bridgehead atoms. The first-order valence-corrected chi connectivity index (χ1v) is 7.21. The molecular formula is C17H30N2. The molecule has 0 aliphatic heterocycles. The zero-order chi connectivity index (χ0) is 14.7. The van der Waals surface area contributed by atoms with Gasteiger partial charge in [-0.15, -0.1) is 0 Å². The number of nitrogens with one attached hydrogen (secondary N) is 1. The minimum absolute atomic E-state index is 0.146. The molecule has 0 aromatic heterocycles. The quantitative estimate of drug-likeness (QED) is 0.626. The van der Waals surface area contributed by atoms with E-state index in [4.69, 9.17) is 5.84 Å². The van der Waals surface area contributed by atoms with Gasteiger partial charge in [-0.1, -0.05) is 65.8 Å². The fourth-order valence-electron chi connectivity index (χ4n) is 2.39. The third kappa shape index (κ3) is 4.96. The molecule has 3 N–H and O–H groups in total. The summed E-state index contributed by atoms with van der Waals surface area (Å²) >= 11 is 0. The van der Waals surface area contributed by atoms with Crippen LogP contribution in [0.3, 0.4) is 0 Å². The van der Waals surface area contributed by atoms with Crippen LogP contribution in [0.4, 0.5) is 0 Å². The van der Waals surface area contributed by atoms with Crippen LogP contribution in [0.15, 0.2) is 24.3 Å². The van der Waals surface area contributed by atoms with Gasteiger partial charge in [-0.25, -0.2) is 0 Å². The van der Waals surface area contributed by atoms with Crippen molar-refractivity contribution < 1.29 is 0 Å². The average Bonchev–Trinajstić information content (AvgIpc) is 2.27. The highest BCUT2D eigenvalue weighted by molar-refractivity contribution is 5.35. The van der Waals surface area contributed by atoms with Gasteiger partial charge in [-0.3, -0.25) is 11.3 Å². The van der Waals surface area contributed by atoms with Crippen LogP contribution in [0.1, 0.15) is 71.6 Å². The molecule has 0 aliphatic carbocycles. The van der Waals surface area contributed by atoms with Crippen LogP contribution in [0.5, 0.6) is 0 Å². The Balaban J connectivity index is 2.99. The summed E-state index contributed by atoms with van der Waals surface area (Å²) in [7, 11) is 0. The number of benzene rings is 1. The van der Waals surface area contributed by atoms with Crippen molar-refractivity contribution in [1.29, 1.82) is 0 Å². The van der Waals surface area contributed by atoms with Crippen molar-refractivity contribution in [2.45, 2.75) is 65.8 Å². The highest BCUT2D eigenvalue weighted by Gasteiger charge is 2.23. The lowest BCUT2D eigenvalue weighted by Crippen LogP contribution is -2.31. The zero-order valence-electron chi connectivity index (χ0n) is 13.4. The van der Waals surface area contributed by atoms with Gasteiger partial charge in [-0.2, -0.15) is 0 Å². The fourth-order valence-corrected chi connectivity index (χ4v) is 2.39. The lowest BCUT2D eigenvalue weighted by atomic mass is 9.80. The molecule has 1 aromatic rings. The highest BCUT2D eigenvalue weighted by Crippen LogP contribution is 2.33. The van der Waals surface area contributed by atoms with E-state index in [1.54, 1.807) is 0 Å². The highest BCUT2D eigenvalue weighted by atomic mass is 15.2. The number of rotatable bonds is 4. The molecule has 108 valence electrons. The van der Waals surface area contributed by atoms with Gasteiger partial charge in [0.25, 0.3) is 0 Å². The molecule has 2 heteroatoms. The Kier molecular flexibility index (Phi) is 5.17. The lowest BCUT2D eigenvalue weighted by Gasteiger charge is -2.29. The van der Waals surface area contributed by atoms with E-state index >= 15 is 0 Å². The van der Waals surface area contributed by atoms with Crippen molar-refractivity contribution in [2.24, 2.45) is 11.3 Å². The molecule has 2 nitrogen and oxygen atoms in total. The number of hydrazine groups is 1. The second-order valence-electron chi connectivity index (χ2n) is 7.66. The molecule has 0 amide bonds. The molecule has 0 radical (unpaired) electrons. The molecule has 1 atom stereocenters. The maximum Gasteiger partial charge on any atom is 0.0463 e. The molecule has 0 spiro atoms. The average molecular weight is 262 g/mol. The van der Waals surface area contributed by atoms with Crippen molar-refractivity contribution in [2.75, 3.05) is 0 Å². The first-order chi connectivity index (χ1) is 8.65. The Bertz CT molecular complexity index is 396. The number of hydrogen-bond acceptors (Lipinski definition) is 2. The van der Waals surface area contributed by atoms with Crippen LogP contribution in [-0.4, -0.2) is 0 Å². The maximum atomic E-state index is 5.80. The summed E-state index contributed by atoms with van der Waals surface area (Å²) in [5.74, 6) is 5.80. The van der Waals surface area contributed by atoms with E-state index in [1.165, 1.54) is 11.1 Å². The zero-order valence-corrected chi connectivity index (χ0v) is 13.4. The Labute approximate surface area is 118 Å². The van der Waals surface area contributed by atoms with Crippen LogP contribution < -0.4 is 11.3 Å². The van der Waals surface area contributed by atoms with Crippen molar-refractivity contribution in [3.05, 3.63) is 35.4 Å². The Morgan fingerprint density at radius 2 is 1.63 bits per heavy atom. The largest absolute Gasteiger partial charge is 0.271 e. The molecular weight excluding hydrogens is 232 g/mol. The summed E-state index contributed by atoms with van der Waals surface area (Å²) in [6.07, 6.45) is 2.22. The maximum absolute atomic E-state index is 5.80. The van der Waals surface area contributed by atoms with E-state index in [0.29, 0.717) is 5.41 Å². The Morgan fingerprint density at radius 1 is 1.05 bits per heavy atom.